The molecule has 110 valence electrons. The zero-order valence-electron chi connectivity index (χ0n) is 12.3. The summed E-state index contributed by atoms with van der Waals surface area (Å²) in [7, 11) is 0. The van der Waals surface area contributed by atoms with Crippen molar-refractivity contribution < 1.29 is 9.90 Å². The maximum absolute atomic E-state index is 12.1. The van der Waals surface area contributed by atoms with Crippen molar-refractivity contribution in [1.82, 2.24) is 4.98 Å². The first kappa shape index (κ1) is 14.1. The van der Waals surface area contributed by atoms with Crippen molar-refractivity contribution in [3.05, 3.63) is 69.6 Å². The van der Waals surface area contributed by atoms with Gasteiger partial charge in [-0.3, -0.25) is 4.79 Å². The molecular formula is C18H15NO3. The molecule has 4 nitrogen and oxygen atoms in total. The Balaban J connectivity index is 2.43. The molecule has 0 aliphatic carbocycles. The van der Waals surface area contributed by atoms with Crippen LogP contribution in [0.3, 0.4) is 0 Å². The number of hydrogen-bond acceptors (Lipinski definition) is 2. The van der Waals surface area contributed by atoms with Crippen LogP contribution in [0.5, 0.6) is 0 Å². The SMILES string of the molecule is Cc1ccc(C(=O)O)cc1-c1c(C)[nH]c(=O)c2ccccc12. The van der Waals surface area contributed by atoms with Crippen LogP contribution < -0.4 is 5.56 Å². The number of hydrogen-bond donors (Lipinski definition) is 2. The molecule has 0 radical (unpaired) electrons. The summed E-state index contributed by atoms with van der Waals surface area (Å²) in [6.45, 7) is 3.76. The third-order valence-corrected chi connectivity index (χ3v) is 3.87. The van der Waals surface area contributed by atoms with Crippen molar-refractivity contribution >= 4 is 16.7 Å². The van der Waals surface area contributed by atoms with Crippen molar-refractivity contribution in [3.63, 3.8) is 0 Å². The van der Waals surface area contributed by atoms with Crippen molar-refractivity contribution in [3.8, 4) is 11.1 Å². The molecule has 0 unspecified atom stereocenters. The molecule has 0 spiro atoms. The Morgan fingerprint density at radius 1 is 1.05 bits per heavy atom. The molecule has 22 heavy (non-hydrogen) atoms. The van der Waals surface area contributed by atoms with Gasteiger partial charge < -0.3 is 10.1 Å². The predicted molar refractivity (Wildman–Crippen MR) is 86.4 cm³/mol. The number of aromatic carboxylic acids is 1. The van der Waals surface area contributed by atoms with Crippen LogP contribution in [-0.4, -0.2) is 16.1 Å². The summed E-state index contributed by atoms with van der Waals surface area (Å²) in [5.41, 5.74) is 3.49. The van der Waals surface area contributed by atoms with Crippen LogP contribution >= 0.6 is 0 Å². The number of pyridine rings is 1. The number of rotatable bonds is 2. The van der Waals surface area contributed by atoms with Crippen molar-refractivity contribution in [2.45, 2.75) is 13.8 Å². The average Bonchev–Trinajstić information content (AvgIpc) is 2.49. The molecule has 2 N–H and O–H groups in total. The molecule has 0 bridgehead atoms. The minimum Gasteiger partial charge on any atom is -0.478 e. The van der Waals surface area contributed by atoms with Crippen molar-refractivity contribution in [1.29, 1.82) is 0 Å². The number of carbonyl (C=O) groups is 1. The largest absolute Gasteiger partial charge is 0.478 e. The number of H-pyrrole nitrogens is 1. The number of aromatic amines is 1. The molecule has 0 atom stereocenters. The van der Waals surface area contributed by atoms with Gasteiger partial charge in [0.25, 0.3) is 5.56 Å². The van der Waals surface area contributed by atoms with Gasteiger partial charge in [-0.05, 0) is 48.6 Å². The van der Waals surface area contributed by atoms with E-state index in [-0.39, 0.29) is 11.1 Å². The standard InChI is InChI=1S/C18H15NO3/c1-10-7-8-12(18(21)22)9-15(10)16-11(2)19-17(20)14-6-4-3-5-13(14)16/h3-9H,1-2H3,(H,19,20)(H,21,22). The minimum atomic E-state index is -0.965. The Hall–Kier alpha value is -2.88. The molecule has 0 aliphatic rings. The second-order valence-electron chi connectivity index (χ2n) is 5.33. The van der Waals surface area contributed by atoms with Gasteiger partial charge in [0.05, 0.1) is 5.56 Å². The van der Waals surface area contributed by atoms with Gasteiger partial charge in [0, 0.05) is 16.6 Å². The third kappa shape index (κ3) is 2.19. The minimum absolute atomic E-state index is 0.135. The number of benzene rings is 2. The van der Waals surface area contributed by atoms with Gasteiger partial charge in [-0.2, -0.15) is 0 Å². The van der Waals surface area contributed by atoms with Crippen LogP contribution in [0.1, 0.15) is 21.6 Å². The normalized spacial score (nSPS) is 10.8. The van der Waals surface area contributed by atoms with Crippen LogP contribution in [-0.2, 0) is 0 Å². The van der Waals surface area contributed by atoms with E-state index in [0.717, 1.165) is 27.8 Å². The van der Waals surface area contributed by atoms with Crippen LogP contribution in [0.4, 0.5) is 0 Å². The fourth-order valence-corrected chi connectivity index (χ4v) is 2.77. The first-order chi connectivity index (χ1) is 10.5. The molecule has 0 amide bonds. The molecule has 3 rings (SSSR count). The Labute approximate surface area is 127 Å². The Bertz CT molecular complexity index is 954. The molecule has 0 aliphatic heterocycles. The summed E-state index contributed by atoms with van der Waals surface area (Å²) in [4.78, 5) is 26.2. The first-order valence-corrected chi connectivity index (χ1v) is 6.95. The fourth-order valence-electron chi connectivity index (χ4n) is 2.77. The summed E-state index contributed by atoms with van der Waals surface area (Å²) < 4.78 is 0. The molecule has 0 saturated heterocycles. The monoisotopic (exact) mass is 293 g/mol. The highest BCUT2D eigenvalue weighted by Gasteiger charge is 2.14. The smallest absolute Gasteiger partial charge is 0.335 e. The van der Waals surface area contributed by atoms with Gasteiger partial charge in [-0.15, -0.1) is 0 Å². The zero-order valence-corrected chi connectivity index (χ0v) is 12.3. The second-order valence-corrected chi connectivity index (χ2v) is 5.33. The number of fused-ring (bicyclic) bond motifs is 1. The Morgan fingerprint density at radius 2 is 1.73 bits per heavy atom. The van der Waals surface area contributed by atoms with Crippen molar-refractivity contribution in [2.24, 2.45) is 0 Å². The van der Waals surface area contributed by atoms with Crippen LogP contribution in [0, 0.1) is 13.8 Å². The van der Waals surface area contributed by atoms with E-state index in [4.69, 9.17) is 0 Å². The molecule has 3 aromatic rings. The summed E-state index contributed by atoms with van der Waals surface area (Å²) in [6.07, 6.45) is 0. The van der Waals surface area contributed by atoms with Crippen LogP contribution in [0.25, 0.3) is 21.9 Å². The quantitative estimate of drug-likeness (QED) is 0.759. The van der Waals surface area contributed by atoms with E-state index in [9.17, 15) is 14.7 Å². The average molecular weight is 293 g/mol. The lowest BCUT2D eigenvalue weighted by molar-refractivity contribution is 0.0697. The van der Waals surface area contributed by atoms with Crippen LogP contribution in [0.2, 0.25) is 0 Å². The summed E-state index contributed by atoms with van der Waals surface area (Å²) in [6, 6.07) is 12.4. The fraction of sp³-hybridized carbons (Fsp3) is 0.111. The molecule has 0 fully saturated rings. The topological polar surface area (TPSA) is 70.2 Å². The Morgan fingerprint density at radius 3 is 2.41 bits per heavy atom. The molecule has 1 aromatic heterocycles. The maximum Gasteiger partial charge on any atom is 0.335 e. The molecule has 4 heteroatoms. The van der Waals surface area contributed by atoms with E-state index in [1.54, 1.807) is 24.3 Å². The number of aryl methyl sites for hydroxylation is 2. The van der Waals surface area contributed by atoms with E-state index in [2.05, 4.69) is 4.98 Å². The predicted octanol–water partition coefficient (Wildman–Crippen LogP) is 3.51. The van der Waals surface area contributed by atoms with Crippen molar-refractivity contribution in [2.75, 3.05) is 0 Å². The summed E-state index contributed by atoms with van der Waals surface area (Å²) >= 11 is 0. The highest BCUT2D eigenvalue weighted by molar-refractivity contribution is 5.99. The van der Waals surface area contributed by atoms with E-state index in [1.165, 1.54) is 0 Å². The number of aromatic nitrogens is 1. The highest BCUT2D eigenvalue weighted by Crippen LogP contribution is 2.32. The van der Waals surface area contributed by atoms with E-state index in [0.29, 0.717) is 5.39 Å². The maximum atomic E-state index is 12.1. The number of carboxylic acid groups (broad SMARTS) is 1. The number of carboxylic acids is 1. The Kier molecular flexibility index (Phi) is 3.29. The van der Waals surface area contributed by atoms with Gasteiger partial charge in [-0.25, -0.2) is 4.79 Å². The van der Waals surface area contributed by atoms with Crippen LogP contribution in [0.15, 0.2) is 47.3 Å². The van der Waals surface area contributed by atoms with Gasteiger partial charge in [0.15, 0.2) is 0 Å². The molecule has 2 aromatic carbocycles. The van der Waals surface area contributed by atoms with E-state index >= 15 is 0 Å². The highest BCUT2D eigenvalue weighted by atomic mass is 16.4. The molecule has 0 saturated carbocycles. The second kappa shape index (κ2) is 5.15. The number of nitrogens with one attached hydrogen (secondary N) is 1. The lowest BCUT2D eigenvalue weighted by Crippen LogP contribution is -2.09. The third-order valence-electron chi connectivity index (χ3n) is 3.87. The zero-order chi connectivity index (χ0) is 15.9. The molecule has 1 heterocycles. The lowest BCUT2D eigenvalue weighted by atomic mass is 9.93. The molecular weight excluding hydrogens is 278 g/mol. The van der Waals surface area contributed by atoms with E-state index in [1.807, 2.05) is 32.0 Å². The summed E-state index contributed by atoms with van der Waals surface area (Å²) in [5.74, 6) is -0.965. The van der Waals surface area contributed by atoms with E-state index < -0.39 is 5.97 Å². The van der Waals surface area contributed by atoms with Gasteiger partial charge in [0.1, 0.15) is 0 Å². The lowest BCUT2D eigenvalue weighted by Gasteiger charge is -2.13. The van der Waals surface area contributed by atoms with Gasteiger partial charge in [-0.1, -0.05) is 24.3 Å². The van der Waals surface area contributed by atoms with Gasteiger partial charge >= 0.3 is 5.97 Å². The first-order valence-electron chi connectivity index (χ1n) is 6.95. The van der Waals surface area contributed by atoms with Gasteiger partial charge in [0.2, 0.25) is 0 Å². The summed E-state index contributed by atoms with van der Waals surface area (Å²) in [5, 5.41) is 10.6.